The molecule has 0 bridgehead atoms. The Balaban J connectivity index is 2.67. The van der Waals surface area contributed by atoms with Gasteiger partial charge in [0.15, 0.2) is 5.82 Å². The molecule has 0 aliphatic carbocycles. The normalized spacial score (nSPS) is 12.1. The highest BCUT2D eigenvalue weighted by Gasteiger charge is 2.32. The molecule has 0 fully saturated rings. The lowest BCUT2D eigenvalue weighted by Crippen LogP contribution is -2.29. The third-order valence-electron chi connectivity index (χ3n) is 3.69. The van der Waals surface area contributed by atoms with Gasteiger partial charge in [-0.1, -0.05) is 13.8 Å². The van der Waals surface area contributed by atoms with Gasteiger partial charge >= 0.3 is 0 Å². The van der Waals surface area contributed by atoms with Crippen molar-refractivity contribution in [3.8, 4) is 0 Å². The standard InChI is InChI=1S/C14H21N3OS/c1-6-14(7-2,18-5)13-16-11(15-4)10-8-9(3)19-12(10)17-13/h8H,6-7H2,1-5H3,(H,15,16,17). The molecule has 0 aromatic carbocycles. The maximum Gasteiger partial charge on any atom is 0.164 e. The molecule has 19 heavy (non-hydrogen) atoms. The van der Waals surface area contributed by atoms with E-state index in [1.165, 1.54) is 4.88 Å². The Morgan fingerprint density at radius 3 is 2.53 bits per heavy atom. The van der Waals surface area contributed by atoms with Crippen molar-refractivity contribution in [2.45, 2.75) is 39.2 Å². The van der Waals surface area contributed by atoms with Crippen LogP contribution in [0.5, 0.6) is 0 Å². The van der Waals surface area contributed by atoms with Crippen LogP contribution < -0.4 is 5.32 Å². The van der Waals surface area contributed by atoms with Crippen LogP contribution in [0.15, 0.2) is 6.07 Å². The topological polar surface area (TPSA) is 47.0 Å². The van der Waals surface area contributed by atoms with Crippen molar-refractivity contribution in [1.82, 2.24) is 9.97 Å². The number of nitrogens with one attached hydrogen (secondary N) is 1. The predicted octanol–water partition coefficient (Wildman–Crippen LogP) is 3.70. The number of anilines is 1. The summed E-state index contributed by atoms with van der Waals surface area (Å²) >= 11 is 1.70. The van der Waals surface area contributed by atoms with Crippen LogP contribution in [0.2, 0.25) is 0 Å². The molecule has 1 N–H and O–H groups in total. The number of aryl methyl sites for hydroxylation is 1. The van der Waals surface area contributed by atoms with Gasteiger partial charge in [-0.05, 0) is 25.8 Å². The number of ether oxygens (including phenoxy) is 1. The molecule has 0 saturated heterocycles. The van der Waals surface area contributed by atoms with Crippen molar-refractivity contribution in [3.63, 3.8) is 0 Å². The molecule has 2 heterocycles. The SMILES string of the molecule is CCC(CC)(OC)c1nc(NC)c2cc(C)sc2n1. The van der Waals surface area contributed by atoms with Crippen LogP contribution in [0.1, 0.15) is 37.4 Å². The first-order chi connectivity index (χ1) is 9.10. The van der Waals surface area contributed by atoms with Gasteiger partial charge < -0.3 is 10.1 Å². The second-order valence-electron chi connectivity index (χ2n) is 4.63. The zero-order chi connectivity index (χ0) is 14.0. The van der Waals surface area contributed by atoms with Crippen LogP contribution in [-0.2, 0) is 10.3 Å². The van der Waals surface area contributed by atoms with E-state index in [2.05, 4.69) is 37.1 Å². The van der Waals surface area contributed by atoms with E-state index in [9.17, 15) is 0 Å². The van der Waals surface area contributed by atoms with E-state index in [1.54, 1.807) is 18.4 Å². The van der Waals surface area contributed by atoms with Gasteiger partial charge in [0, 0.05) is 19.0 Å². The minimum Gasteiger partial charge on any atom is -0.372 e. The molecule has 0 radical (unpaired) electrons. The summed E-state index contributed by atoms with van der Waals surface area (Å²) < 4.78 is 5.73. The average molecular weight is 279 g/mol. The first kappa shape index (κ1) is 14.2. The van der Waals surface area contributed by atoms with Crippen molar-refractivity contribution in [2.75, 3.05) is 19.5 Å². The summed E-state index contributed by atoms with van der Waals surface area (Å²) in [4.78, 5) is 11.7. The highest BCUT2D eigenvalue weighted by Crippen LogP contribution is 2.35. The second kappa shape index (κ2) is 5.43. The van der Waals surface area contributed by atoms with Crippen molar-refractivity contribution in [1.29, 1.82) is 0 Å². The van der Waals surface area contributed by atoms with Crippen LogP contribution >= 0.6 is 11.3 Å². The first-order valence-electron chi connectivity index (χ1n) is 6.61. The Morgan fingerprint density at radius 1 is 1.32 bits per heavy atom. The van der Waals surface area contributed by atoms with Crippen molar-refractivity contribution < 1.29 is 4.74 Å². The highest BCUT2D eigenvalue weighted by atomic mass is 32.1. The number of hydrogen-bond acceptors (Lipinski definition) is 5. The zero-order valence-electron chi connectivity index (χ0n) is 12.2. The molecule has 0 unspecified atom stereocenters. The molecule has 4 nitrogen and oxygen atoms in total. The van der Waals surface area contributed by atoms with E-state index in [4.69, 9.17) is 9.72 Å². The molecule has 0 aliphatic heterocycles. The lowest BCUT2D eigenvalue weighted by molar-refractivity contribution is -0.0287. The van der Waals surface area contributed by atoms with E-state index < -0.39 is 5.60 Å². The molecular weight excluding hydrogens is 258 g/mol. The molecule has 0 aliphatic rings. The fraction of sp³-hybridized carbons (Fsp3) is 0.571. The lowest BCUT2D eigenvalue weighted by Gasteiger charge is -2.28. The molecule has 0 spiro atoms. The summed E-state index contributed by atoms with van der Waals surface area (Å²) in [5, 5.41) is 4.26. The minimum absolute atomic E-state index is 0.391. The van der Waals surface area contributed by atoms with Crippen molar-refractivity contribution in [3.05, 3.63) is 16.8 Å². The Labute approximate surface area is 118 Å². The van der Waals surface area contributed by atoms with Crippen LogP contribution in [0.4, 0.5) is 5.82 Å². The summed E-state index contributed by atoms with van der Waals surface area (Å²) in [6.45, 7) is 6.31. The Bertz CT molecular complexity index is 567. The van der Waals surface area contributed by atoms with Gasteiger partial charge in [0.1, 0.15) is 16.2 Å². The lowest BCUT2D eigenvalue weighted by atomic mass is 9.96. The molecule has 0 atom stereocenters. The average Bonchev–Trinajstić information content (AvgIpc) is 2.80. The molecule has 2 aromatic heterocycles. The van der Waals surface area contributed by atoms with Gasteiger partial charge in [-0.2, -0.15) is 0 Å². The fourth-order valence-corrected chi connectivity index (χ4v) is 3.26. The summed E-state index contributed by atoms with van der Waals surface area (Å²) in [5.41, 5.74) is -0.391. The molecule has 5 heteroatoms. The zero-order valence-corrected chi connectivity index (χ0v) is 13.0. The number of nitrogens with zero attached hydrogens (tertiary/aromatic N) is 2. The van der Waals surface area contributed by atoms with Crippen LogP contribution in [0.3, 0.4) is 0 Å². The maximum absolute atomic E-state index is 5.73. The Kier molecular flexibility index (Phi) is 4.06. The summed E-state index contributed by atoms with van der Waals surface area (Å²) in [6, 6.07) is 2.13. The van der Waals surface area contributed by atoms with Gasteiger partial charge in [0.05, 0.1) is 5.39 Å². The van der Waals surface area contributed by atoms with E-state index in [1.807, 2.05) is 7.05 Å². The van der Waals surface area contributed by atoms with Crippen LogP contribution in [0.25, 0.3) is 10.2 Å². The number of aromatic nitrogens is 2. The summed E-state index contributed by atoms with van der Waals surface area (Å²) in [5.74, 6) is 1.66. The van der Waals surface area contributed by atoms with Gasteiger partial charge in [0.2, 0.25) is 0 Å². The smallest absolute Gasteiger partial charge is 0.164 e. The van der Waals surface area contributed by atoms with Gasteiger partial charge in [-0.15, -0.1) is 11.3 Å². The number of fused-ring (bicyclic) bond motifs is 1. The highest BCUT2D eigenvalue weighted by molar-refractivity contribution is 7.18. The molecule has 2 aromatic rings. The fourth-order valence-electron chi connectivity index (χ4n) is 2.38. The first-order valence-corrected chi connectivity index (χ1v) is 7.43. The van der Waals surface area contributed by atoms with Crippen LogP contribution in [-0.4, -0.2) is 24.1 Å². The van der Waals surface area contributed by atoms with E-state index in [0.717, 1.165) is 34.7 Å². The Hall–Kier alpha value is -1.20. The largest absolute Gasteiger partial charge is 0.372 e. The van der Waals surface area contributed by atoms with Gasteiger partial charge in [-0.3, -0.25) is 0 Å². The van der Waals surface area contributed by atoms with Gasteiger partial charge in [-0.25, -0.2) is 9.97 Å². The van der Waals surface area contributed by atoms with Crippen molar-refractivity contribution >= 4 is 27.4 Å². The number of methoxy groups -OCH3 is 1. The van der Waals surface area contributed by atoms with Crippen molar-refractivity contribution in [2.24, 2.45) is 0 Å². The van der Waals surface area contributed by atoms with E-state index in [-0.39, 0.29) is 0 Å². The molecule has 2 rings (SSSR count). The molecule has 0 amide bonds. The molecule has 0 saturated carbocycles. The monoisotopic (exact) mass is 279 g/mol. The third-order valence-corrected chi connectivity index (χ3v) is 4.64. The Morgan fingerprint density at radius 2 is 2.00 bits per heavy atom. The van der Waals surface area contributed by atoms with Gasteiger partial charge in [0.25, 0.3) is 0 Å². The second-order valence-corrected chi connectivity index (χ2v) is 5.86. The summed E-state index contributed by atoms with van der Waals surface area (Å²) in [7, 11) is 3.63. The number of hydrogen-bond donors (Lipinski definition) is 1. The molecular formula is C14H21N3OS. The maximum atomic E-state index is 5.73. The van der Waals surface area contributed by atoms with E-state index in [0.29, 0.717) is 0 Å². The summed E-state index contributed by atoms with van der Waals surface area (Å²) in [6.07, 6.45) is 1.72. The molecule has 104 valence electrons. The number of thiophene rings is 1. The number of rotatable bonds is 5. The minimum atomic E-state index is -0.391. The van der Waals surface area contributed by atoms with E-state index >= 15 is 0 Å². The van der Waals surface area contributed by atoms with Crippen LogP contribution in [0, 0.1) is 6.92 Å². The predicted molar refractivity (Wildman–Crippen MR) is 81.0 cm³/mol. The third kappa shape index (κ3) is 2.32. The quantitative estimate of drug-likeness (QED) is 0.906.